The van der Waals surface area contributed by atoms with Crippen LogP contribution in [0.4, 0.5) is 0 Å². The minimum absolute atomic E-state index is 0.0547. The number of phenolic OH excluding ortho intramolecular Hbond substituents is 3. The van der Waals surface area contributed by atoms with Gasteiger partial charge < -0.3 is 20.4 Å². The highest BCUT2D eigenvalue weighted by Crippen LogP contribution is 2.47. The van der Waals surface area contributed by atoms with Gasteiger partial charge in [0.15, 0.2) is 11.6 Å². The Balaban J connectivity index is 1.95. The number of ketones is 3. The lowest BCUT2D eigenvalue weighted by Gasteiger charge is -2.29. The molecule has 0 bridgehead atoms. The molecule has 0 spiro atoms. The minimum atomic E-state index is -0.734. The highest BCUT2D eigenvalue weighted by molar-refractivity contribution is 6.31. The molecule has 7 heteroatoms. The maximum absolute atomic E-state index is 12.9. The highest BCUT2D eigenvalue weighted by atomic mass is 16.3. The topological polar surface area (TPSA) is 132 Å². The Bertz CT molecular complexity index is 1040. The van der Waals surface area contributed by atoms with Crippen LogP contribution in [0, 0.1) is 5.92 Å². The Morgan fingerprint density at radius 1 is 0.963 bits per heavy atom. The van der Waals surface area contributed by atoms with Crippen LogP contribution < -0.4 is 0 Å². The predicted molar refractivity (Wildman–Crippen MR) is 92.4 cm³/mol. The van der Waals surface area contributed by atoms with E-state index in [0.29, 0.717) is 12.0 Å². The van der Waals surface area contributed by atoms with E-state index in [-0.39, 0.29) is 52.2 Å². The molecule has 2 aromatic carbocycles. The van der Waals surface area contributed by atoms with E-state index in [1.807, 2.05) is 0 Å². The number of Topliss-reactive ketones (excluding diaryl/α,β-unsaturated/α-hetero) is 1. The lowest BCUT2D eigenvalue weighted by Crippen LogP contribution is -2.28. The van der Waals surface area contributed by atoms with E-state index in [0.717, 1.165) is 0 Å². The summed E-state index contributed by atoms with van der Waals surface area (Å²) in [5.41, 5.74) is -0.333. The average Bonchev–Trinajstić information content (AvgIpc) is 2.67. The first-order valence-electron chi connectivity index (χ1n) is 8.51. The largest absolute Gasteiger partial charge is 0.507 e. The first-order chi connectivity index (χ1) is 12.9. The number of aromatic hydroxyl groups is 3. The number of aliphatic hydroxyl groups is 1. The second-order valence-electron chi connectivity index (χ2n) is 6.83. The zero-order valence-corrected chi connectivity index (χ0v) is 14.2. The normalized spacial score (nSPS) is 17.9. The summed E-state index contributed by atoms with van der Waals surface area (Å²) < 4.78 is 0. The molecule has 27 heavy (non-hydrogen) atoms. The van der Waals surface area contributed by atoms with Crippen LogP contribution >= 0.6 is 0 Å². The fraction of sp³-hybridized carbons (Fsp3) is 0.250. The second-order valence-corrected chi connectivity index (χ2v) is 6.83. The van der Waals surface area contributed by atoms with Gasteiger partial charge in [0.2, 0.25) is 5.78 Å². The molecule has 0 heterocycles. The molecule has 1 atom stereocenters. The van der Waals surface area contributed by atoms with Gasteiger partial charge in [0.25, 0.3) is 0 Å². The summed E-state index contributed by atoms with van der Waals surface area (Å²) in [6.07, 6.45) is 0.630. The van der Waals surface area contributed by atoms with Crippen LogP contribution in [0.25, 0.3) is 0 Å². The average molecular weight is 368 g/mol. The van der Waals surface area contributed by atoms with Crippen LogP contribution in [-0.4, -0.2) is 44.4 Å². The number of carbonyl (C=O) groups excluding carboxylic acids is 3. The molecular formula is C20H16O7. The number of benzene rings is 2. The summed E-state index contributed by atoms with van der Waals surface area (Å²) in [6, 6.07) is 4.05. The molecule has 0 amide bonds. The van der Waals surface area contributed by atoms with E-state index >= 15 is 0 Å². The van der Waals surface area contributed by atoms with Gasteiger partial charge in [0.1, 0.15) is 23.9 Å². The molecule has 0 radical (unpaired) electrons. The van der Waals surface area contributed by atoms with Gasteiger partial charge in [-0.1, -0.05) is 12.1 Å². The van der Waals surface area contributed by atoms with Gasteiger partial charge in [0, 0.05) is 22.6 Å². The third-order valence-electron chi connectivity index (χ3n) is 5.43. The van der Waals surface area contributed by atoms with Gasteiger partial charge in [0.05, 0.1) is 16.7 Å². The summed E-state index contributed by atoms with van der Waals surface area (Å²) >= 11 is 0. The van der Waals surface area contributed by atoms with Crippen LogP contribution in [0.2, 0.25) is 0 Å². The number of carbonyl (C=O) groups is 3. The lowest BCUT2D eigenvalue weighted by molar-refractivity contribution is -0.125. The van der Waals surface area contributed by atoms with Crippen molar-refractivity contribution in [3.05, 3.63) is 51.6 Å². The number of aliphatic hydroxyl groups excluding tert-OH is 1. The molecule has 0 unspecified atom stereocenters. The Kier molecular flexibility index (Phi) is 3.78. The van der Waals surface area contributed by atoms with E-state index in [4.69, 9.17) is 5.11 Å². The second kappa shape index (κ2) is 5.92. The van der Waals surface area contributed by atoms with Crippen molar-refractivity contribution in [2.75, 3.05) is 6.61 Å². The standard InChI is InChI=1S/C20H16O7/c21-7-13(23)8-4-5-9-11(6-8)19(26)15-16(17(9)24)20(27)14-10(18(15)25)2-1-3-12(14)22/h1-3,8,21-22,24,26H,4-7H2/t8-/m0/s1. The van der Waals surface area contributed by atoms with Crippen molar-refractivity contribution in [2.45, 2.75) is 19.3 Å². The number of fused-ring (bicyclic) bond motifs is 3. The number of hydrogen-bond acceptors (Lipinski definition) is 7. The van der Waals surface area contributed by atoms with Gasteiger partial charge in [-0.3, -0.25) is 14.4 Å². The molecule has 4 N–H and O–H groups in total. The molecule has 2 aliphatic carbocycles. The number of rotatable bonds is 2. The first kappa shape index (κ1) is 17.2. The molecule has 138 valence electrons. The monoisotopic (exact) mass is 368 g/mol. The van der Waals surface area contributed by atoms with Crippen molar-refractivity contribution in [1.82, 2.24) is 0 Å². The van der Waals surface area contributed by atoms with E-state index in [9.17, 15) is 29.7 Å². The summed E-state index contributed by atoms with van der Waals surface area (Å²) in [6.45, 7) is -0.623. The quantitative estimate of drug-likeness (QED) is 0.500. The molecule has 0 fully saturated rings. The third-order valence-corrected chi connectivity index (χ3v) is 5.43. The van der Waals surface area contributed by atoms with Crippen molar-refractivity contribution >= 4 is 17.3 Å². The summed E-state index contributed by atoms with van der Waals surface area (Å²) in [5, 5.41) is 40.5. The van der Waals surface area contributed by atoms with E-state index in [1.165, 1.54) is 18.2 Å². The molecule has 0 aliphatic heterocycles. The maximum Gasteiger partial charge on any atom is 0.202 e. The smallest absolute Gasteiger partial charge is 0.202 e. The highest BCUT2D eigenvalue weighted by Gasteiger charge is 2.40. The van der Waals surface area contributed by atoms with Gasteiger partial charge in [-0.25, -0.2) is 0 Å². The Morgan fingerprint density at radius 2 is 1.63 bits per heavy atom. The summed E-state index contributed by atoms with van der Waals surface area (Å²) in [4.78, 5) is 37.6. The SMILES string of the molecule is O=C1c2cccc(O)c2C(=O)c2c(O)c3c(c(O)c21)C[C@@H](C(=O)CO)CC3. The zero-order valence-electron chi connectivity index (χ0n) is 14.2. The molecule has 0 saturated carbocycles. The fourth-order valence-electron chi connectivity index (χ4n) is 4.05. The first-order valence-corrected chi connectivity index (χ1v) is 8.51. The van der Waals surface area contributed by atoms with Crippen LogP contribution in [0.3, 0.4) is 0 Å². The molecule has 7 nitrogen and oxygen atoms in total. The number of phenols is 3. The van der Waals surface area contributed by atoms with E-state index in [2.05, 4.69) is 0 Å². The fourth-order valence-corrected chi connectivity index (χ4v) is 4.05. The molecule has 2 aromatic rings. The minimum Gasteiger partial charge on any atom is -0.507 e. The summed E-state index contributed by atoms with van der Waals surface area (Å²) in [5.74, 6) is -3.53. The molecular weight excluding hydrogens is 352 g/mol. The van der Waals surface area contributed by atoms with Crippen molar-refractivity contribution in [1.29, 1.82) is 0 Å². The van der Waals surface area contributed by atoms with Crippen LogP contribution in [0.15, 0.2) is 18.2 Å². The Labute approximate surface area is 153 Å². The predicted octanol–water partition coefficient (Wildman–Crippen LogP) is 1.25. The maximum atomic E-state index is 12.9. The van der Waals surface area contributed by atoms with Crippen molar-refractivity contribution in [3.8, 4) is 17.2 Å². The van der Waals surface area contributed by atoms with Gasteiger partial charge in [-0.2, -0.15) is 0 Å². The Hall–Kier alpha value is -3.19. The molecule has 0 saturated heterocycles. The lowest BCUT2D eigenvalue weighted by atomic mass is 9.75. The van der Waals surface area contributed by atoms with Gasteiger partial charge >= 0.3 is 0 Å². The Morgan fingerprint density at radius 3 is 2.33 bits per heavy atom. The van der Waals surface area contributed by atoms with Crippen LogP contribution in [0.1, 0.15) is 49.4 Å². The van der Waals surface area contributed by atoms with Crippen molar-refractivity contribution in [2.24, 2.45) is 5.92 Å². The third kappa shape index (κ3) is 2.28. The molecule has 2 aliphatic rings. The van der Waals surface area contributed by atoms with Crippen molar-refractivity contribution < 1.29 is 34.8 Å². The van der Waals surface area contributed by atoms with E-state index < -0.39 is 35.6 Å². The number of hydrogen-bond donors (Lipinski definition) is 4. The summed E-state index contributed by atoms with van der Waals surface area (Å²) in [7, 11) is 0. The molecule has 0 aromatic heterocycles. The molecule has 4 rings (SSSR count). The van der Waals surface area contributed by atoms with Crippen LogP contribution in [-0.2, 0) is 17.6 Å². The van der Waals surface area contributed by atoms with Crippen molar-refractivity contribution in [3.63, 3.8) is 0 Å². The van der Waals surface area contributed by atoms with E-state index in [1.54, 1.807) is 0 Å². The zero-order chi connectivity index (χ0) is 19.5. The van der Waals surface area contributed by atoms with Gasteiger partial charge in [-0.15, -0.1) is 0 Å². The van der Waals surface area contributed by atoms with Gasteiger partial charge in [-0.05, 0) is 25.3 Å². The van der Waals surface area contributed by atoms with Crippen LogP contribution in [0.5, 0.6) is 17.2 Å².